The highest BCUT2D eigenvalue weighted by Gasteiger charge is 2.32. The summed E-state index contributed by atoms with van der Waals surface area (Å²) in [6.45, 7) is 17.5. The highest BCUT2D eigenvalue weighted by molar-refractivity contribution is 5.94. The predicted molar refractivity (Wildman–Crippen MR) is 321 cm³/mol. The number of unbranched alkanes of at least 4 members (excludes halogenated alkanes) is 1. The molecule has 18 nitrogen and oxygen atoms in total. The lowest BCUT2D eigenvalue weighted by Crippen LogP contribution is -2.57. The van der Waals surface area contributed by atoms with Crippen molar-refractivity contribution >= 4 is 35.7 Å². The lowest BCUT2D eigenvalue weighted by atomic mass is 9.95. The van der Waals surface area contributed by atoms with Crippen LogP contribution in [0, 0.1) is 13.8 Å². The Balaban J connectivity index is 1.44. The largest absolute Gasteiger partial charge is 0.497 e. The number of carbonyl (C=O) groups is 6. The van der Waals surface area contributed by atoms with E-state index in [1.807, 2.05) is 77.1 Å². The number of methoxy groups -OCH3 is 2. The van der Waals surface area contributed by atoms with E-state index in [1.54, 1.807) is 63.2 Å². The van der Waals surface area contributed by atoms with E-state index in [9.17, 15) is 24.0 Å². The second kappa shape index (κ2) is 31.4. The van der Waals surface area contributed by atoms with Crippen LogP contribution in [0.25, 0.3) is 11.1 Å². The summed E-state index contributed by atoms with van der Waals surface area (Å²) in [6, 6.07) is 27.5. The summed E-state index contributed by atoms with van der Waals surface area (Å²) in [5.74, 6) is -0.809. The second-order valence-corrected chi connectivity index (χ2v) is 22.5. The van der Waals surface area contributed by atoms with Crippen LogP contribution in [0.4, 0.5) is 4.79 Å². The van der Waals surface area contributed by atoms with Crippen molar-refractivity contribution in [2.24, 2.45) is 5.73 Å². The fourth-order valence-electron chi connectivity index (χ4n) is 9.24. The summed E-state index contributed by atoms with van der Waals surface area (Å²) < 4.78 is 33.9. The van der Waals surface area contributed by atoms with E-state index >= 15 is 4.79 Å². The number of esters is 1. The lowest BCUT2D eigenvalue weighted by Gasteiger charge is -2.27. The van der Waals surface area contributed by atoms with Gasteiger partial charge in [-0.3, -0.25) is 24.0 Å². The van der Waals surface area contributed by atoms with Gasteiger partial charge in [-0.25, -0.2) is 4.79 Å². The molecular weight excluding hydrogens is 1060 g/mol. The molecule has 0 aliphatic rings. The number of hydrogen-bond donors (Lipinski definition) is 6. The molecule has 5 rings (SSSR count). The molecule has 0 spiro atoms. The fraction of sp³-hybridized carbons (Fsp3) is 0.446. The van der Waals surface area contributed by atoms with Crippen molar-refractivity contribution in [3.8, 4) is 34.1 Å². The molecule has 83 heavy (non-hydrogen) atoms. The van der Waals surface area contributed by atoms with Crippen LogP contribution in [0.5, 0.6) is 23.0 Å². The maximum absolute atomic E-state index is 15.1. The van der Waals surface area contributed by atoms with Gasteiger partial charge in [-0.1, -0.05) is 78.7 Å². The Morgan fingerprint density at radius 3 is 1.89 bits per heavy atom. The molecule has 5 amide bonds. The monoisotopic (exact) mass is 1140 g/mol. The summed E-state index contributed by atoms with van der Waals surface area (Å²) in [7, 11) is 4.57. The van der Waals surface area contributed by atoms with Gasteiger partial charge >= 0.3 is 12.1 Å². The Labute approximate surface area is 489 Å². The number of carbonyl (C=O) groups excluding carboxylic acids is 6. The minimum Gasteiger partial charge on any atom is -0.497 e. The van der Waals surface area contributed by atoms with Crippen LogP contribution >= 0.6 is 0 Å². The quantitative estimate of drug-likeness (QED) is 0.0194. The van der Waals surface area contributed by atoms with E-state index in [0.29, 0.717) is 59.9 Å². The highest BCUT2D eigenvalue weighted by Crippen LogP contribution is 2.35. The maximum atomic E-state index is 15.1. The normalized spacial score (nSPS) is 12.8. The van der Waals surface area contributed by atoms with E-state index in [1.165, 1.54) is 21.3 Å². The SMILES string of the molecule is CCc1cc(OCCCCNC(=O)OC(C)(C)C)ccc1-c1ccc(C[C@H](NC(=O)[C@@H](N)CC(=O)OC(C)(C)C)C(=O)N[C@@H](CCCc2cc(C)cc(C)c2)C(=O)NC(c2ccc(OCC(=O)NC)cc2)c2ccc(OC)cc2OC)cc1. The summed E-state index contributed by atoms with van der Waals surface area (Å²) in [5.41, 5.74) is 13.1. The zero-order valence-electron chi connectivity index (χ0n) is 50.4. The first-order chi connectivity index (χ1) is 39.4. The van der Waals surface area contributed by atoms with Gasteiger partial charge in [0.2, 0.25) is 17.7 Å². The first kappa shape index (κ1) is 65.7. The Kier molecular flexibility index (Phi) is 24.8. The van der Waals surface area contributed by atoms with Crippen LogP contribution in [0.15, 0.2) is 103 Å². The van der Waals surface area contributed by atoms with Gasteiger partial charge in [0.25, 0.3) is 5.91 Å². The lowest BCUT2D eigenvalue weighted by molar-refractivity contribution is -0.156. The van der Waals surface area contributed by atoms with Crippen LogP contribution in [0.1, 0.15) is 126 Å². The van der Waals surface area contributed by atoms with Crippen LogP contribution in [0.2, 0.25) is 0 Å². The number of likely N-dealkylation sites (N-methyl/N-ethyl adjacent to an activating group) is 1. The third kappa shape index (κ3) is 21.9. The second-order valence-electron chi connectivity index (χ2n) is 22.5. The summed E-state index contributed by atoms with van der Waals surface area (Å²) in [5, 5.41) is 14.3. The molecule has 0 radical (unpaired) electrons. The molecule has 0 aliphatic heterocycles. The molecule has 0 aromatic heterocycles. The molecule has 7 N–H and O–H groups in total. The zero-order valence-corrected chi connectivity index (χ0v) is 50.4. The average Bonchev–Trinajstić information content (AvgIpc) is 3.43. The number of nitrogens with two attached hydrogens (primary N) is 1. The Bertz CT molecular complexity index is 2950. The molecular formula is C65H86N6O12. The third-order valence-electron chi connectivity index (χ3n) is 13.2. The fourth-order valence-corrected chi connectivity index (χ4v) is 9.24. The van der Waals surface area contributed by atoms with Gasteiger partial charge in [0, 0.05) is 31.6 Å². The molecule has 0 heterocycles. The Morgan fingerprint density at radius 1 is 0.627 bits per heavy atom. The molecule has 448 valence electrons. The predicted octanol–water partition coefficient (Wildman–Crippen LogP) is 8.86. The minimum atomic E-state index is -1.36. The average molecular weight is 1140 g/mol. The van der Waals surface area contributed by atoms with Crippen LogP contribution in [-0.2, 0) is 52.7 Å². The molecule has 0 aliphatic carbocycles. The number of ether oxygens (including phenoxy) is 6. The van der Waals surface area contributed by atoms with Crippen LogP contribution in [0.3, 0.4) is 0 Å². The van der Waals surface area contributed by atoms with Crippen molar-refractivity contribution in [2.45, 2.75) is 149 Å². The van der Waals surface area contributed by atoms with E-state index < -0.39 is 71.6 Å². The summed E-state index contributed by atoms with van der Waals surface area (Å²) >= 11 is 0. The highest BCUT2D eigenvalue weighted by atomic mass is 16.6. The minimum absolute atomic E-state index is 0.00532. The number of rotatable bonds is 29. The third-order valence-corrected chi connectivity index (χ3v) is 13.2. The topological polar surface area (TPSA) is 244 Å². The number of benzene rings is 5. The number of nitrogens with one attached hydrogen (secondary N) is 5. The maximum Gasteiger partial charge on any atom is 0.407 e. The number of alkyl carbamates (subject to hydrolysis) is 1. The van der Waals surface area contributed by atoms with Crippen LogP contribution < -0.4 is 51.3 Å². The molecule has 0 saturated heterocycles. The molecule has 1 unspecified atom stereocenters. The van der Waals surface area contributed by atoms with Crippen LogP contribution in [-0.4, -0.2) is 106 Å². The number of hydrogen-bond acceptors (Lipinski definition) is 13. The molecule has 5 aromatic rings. The number of aryl methyl sites for hydroxylation is 4. The molecule has 18 heteroatoms. The van der Waals surface area contributed by atoms with Gasteiger partial charge in [-0.05, 0) is 164 Å². The molecule has 4 atom stereocenters. The standard InChI is InChI=1S/C65H86N6O12/c1-13-45-37-50(80-32-15-14-31-68-63(77)83-65(7,8)9)28-29-51(45)46-21-19-43(20-22-46)36-55(70-60(74)53(66)39-58(73)82-64(4,5)6)62(76)69-54(18-16-17-44-34-41(2)33-42(3)35-44)61(75)71-59(52-30-27-49(78-11)38-56(52)79-12)47-23-25-48(26-24-47)81-40-57(72)67-10/h19-30,33-35,37-38,53-55,59H,13-18,31-32,36,39-40,66H2,1-12H3,(H,67,72)(H,68,77)(H,69,76)(H,70,74)(H,71,75)/t53-,54-,55-,59?/m0/s1. The Morgan fingerprint density at radius 2 is 1.27 bits per heavy atom. The van der Waals surface area contributed by atoms with E-state index in [4.69, 9.17) is 34.2 Å². The van der Waals surface area contributed by atoms with Crippen molar-refractivity contribution in [1.29, 1.82) is 0 Å². The van der Waals surface area contributed by atoms with Gasteiger partial charge in [-0.2, -0.15) is 0 Å². The molecule has 0 bridgehead atoms. The van der Waals surface area contributed by atoms with E-state index in [0.717, 1.165) is 58.4 Å². The summed E-state index contributed by atoms with van der Waals surface area (Å²) in [6.07, 6.45) is 2.58. The van der Waals surface area contributed by atoms with Gasteiger partial charge in [-0.15, -0.1) is 0 Å². The first-order valence-corrected chi connectivity index (χ1v) is 28.3. The number of amides is 5. The van der Waals surface area contributed by atoms with Gasteiger partial charge in [0.05, 0.1) is 39.3 Å². The van der Waals surface area contributed by atoms with E-state index in [2.05, 4.69) is 51.7 Å². The first-order valence-electron chi connectivity index (χ1n) is 28.3. The summed E-state index contributed by atoms with van der Waals surface area (Å²) in [4.78, 5) is 80.9. The van der Waals surface area contributed by atoms with Gasteiger partial charge in [0.1, 0.15) is 46.3 Å². The van der Waals surface area contributed by atoms with Gasteiger partial charge in [0.15, 0.2) is 6.61 Å². The zero-order chi connectivity index (χ0) is 60.9. The van der Waals surface area contributed by atoms with Crippen molar-refractivity contribution in [1.82, 2.24) is 26.6 Å². The van der Waals surface area contributed by atoms with Crippen molar-refractivity contribution in [2.75, 3.05) is 41.0 Å². The molecule has 5 aromatic carbocycles. The Hall–Kier alpha value is -8.12. The van der Waals surface area contributed by atoms with E-state index in [-0.39, 0.29) is 25.4 Å². The molecule has 0 saturated carbocycles. The van der Waals surface area contributed by atoms with Crippen molar-refractivity contribution < 1.29 is 57.2 Å². The molecule has 0 fully saturated rings. The van der Waals surface area contributed by atoms with Crippen molar-refractivity contribution in [3.05, 3.63) is 142 Å². The van der Waals surface area contributed by atoms with Gasteiger partial charge < -0.3 is 60.7 Å². The van der Waals surface area contributed by atoms with Crippen molar-refractivity contribution in [3.63, 3.8) is 0 Å². The smallest absolute Gasteiger partial charge is 0.407 e.